The third kappa shape index (κ3) is 3.79. The lowest BCUT2D eigenvalue weighted by Gasteiger charge is -2.11. The Balaban J connectivity index is 2.13. The molecule has 2 aromatic rings. The van der Waals surface area contributed by atoms with Gasteiger partial charge in [-0.1, -0.05) is 11.6 Å². The normalized spacial score (nSPS) is 10.5. The summed E-state index contributed by atoms with van der Waals surface area (Å²) in [6.07, 6.45) is 0. The first-order chi connectivity index (χ1) is 11.8. The Hall–Kier alpha value is -2.47. The number of ketones is 1. The second kappa shape index (κ2) is 7.61. The van der Waals surface area contributed by atoms with Crippen LogP contribution in [0.25, 0.3) is 0 Å². The minimum Gasteiger partial charge on any atom is -0.493 e. The molecule has 134 valence electrons. The minimum atomic E-state index is -0.665. The van der Waals surface area contributed by atoms with Crippen LogP contribution in [0.4, 0.5) is 0 Å². The van der Waals surface area contributed by atoms with Gasteiger partial charge >= 0.3 is 5.97 Å². The molecule has 0 fully saturated rings. The number of Topliss-reactive ketones (excluding diaryl/α,β-unsaturated/α-hetero) is 1. The average molecular weight is 366 g/mol. The van der Waals surface area contributed by atoms with E-state index >= 15 is 0 Å². The Morgan fingerprint density at radius 2 is 1.80 bits per heavy atom. The maximum absolute atomic E-state index is 12.3. The number of nitrogens with zero attached hydrogens (tertiary/aromatic N) is 1. The van der Waals surface area contributed by atoms with Gasteiger partial charge in [0, 0.05) is 24.0 Å². The van der Waals surface area contributed by atoms with Gasteiger partial charge in [-0.05, 0) is 32.0 Å². The van der Waals surface area contributed by atoms with Crippen LogP contribution < -0.4 is 9.47 Å². The second-order valence-corrected chi connectivity index (χ2v) is 5.94. The number of benzene rings is 1. The number of halogens is 1. The Morgan fingerprint density at radius 1 is 1.12 bits per heavy atom. The van der Waals surface area contributed by atoms with E-state index in [2.05, 4.69) is 0 Å². The molecule has 0 amide bonds. The third-order valence-corrected chi connectivity index (χ3v) is 4.36. The lowest BCUT2D eigenvalue weighted by Crippen LogP contribution is -2.15. The molecule has 0 bridgehead atoms. The van der Waals surface area contributed by atoms with Crippen LogP contribution in [0.15, 0.2) is 18.2 Å². The summed E-state index contributed by atoms with van der Waals surface area (Å²) in [6.45, 7) is 3.40. The standard InChI is InChI=1S/C18H20ClNO5/c1-10-6-13(11(2)20(10)3)15(21)9-25-18(22)12-7-14(19)17(24-5)16(8-12)23-4/h6-8H,9H2,1-5H3. The zero-order chi connectivity index (χ0) is 18.7. The lowest BCUT2D eigenvalue weighted by molar-refractivity contribution is 0.0474. The number of carbonyl (C=O) groups is 2. The van der Waals surface area contributed by atoms with E-state index in [-0.39, 0.29) is 23.0 Å². The number of hydrogen-bond acceptors (Lipinski definition) is 5. The van der Waals surface area contributed by atoms with Crippen molar-refractivity contribution in [3.8, 4) is 11.5 Å². The number of ether oxygens (including phenoxy) is 3. The minimum absolute atomic E-state index is 0.177. The first kappa shape index (κ1) is 18.9. The molecule has 1 aromatic carbocycles. The molecule has 0 atom stereocenters. The Bertz CT molecular complexity index is 825. The van der Waals surface area contributed by atoms with E-state index in [4.69, 9.17) is 25.8 Å². The van der Waals surface area contributed by atoms with Crippen LogP contribution in [0.5, 0.6) is 11.5 Å². The Labute approximate surface area is 151 Å². The lowest BCUT2D eigenvalue weighted by atomic mass is 10.1. The predicted octanol–water partition coefficient (Wildman–Crippen LogP) is 3.35. The van der Waals surface area contributed by atoms with E-state index in [1.54, 1.807) is 6.07 Å². The Morgan fingerprint density at radius 3 is 2.32 bits per heavy atom. The number of hydrogen-bond donors (Lipinski definition) is 0. The van der Waals surface area contributed by atoms with Crippen LogP contribution in [0.1, 0.15) is 32.1 Å². The highest BCUT2D eigenvalue weighted by molar-refractivity contribution is 6.32. The highest BCUT2D eigenvalue weighted by atomic mass is 35.5. The molecule has 1 aromatic heterocycles. The molecular weight excluding hydrogens is 346 g/mol. The highest BCUT2D eigenvalue weighted by Gasteiger charge is 2.19. The molecule has 7 heteroatoms. The maximum Gasteiger partial charge on any atom is 0.338 e. The second-order valence-electron chi connectivity index (χ2n) is 5.54. The summed E-state index contributed by atoms with van der Waals surface area (Å²) in [4.78, 5) is 24.5. The molecule has 25 heavy (non-hydrogen) atoms. The summed E-state index contributed by atoms with van der Waals surface area (Å²) >= 11 is 6.07. The van der Waals surface area contributed by atoms with Gasteiger partial charge in [0.05, 0.1) is 24.8 Å². The van der Waals surface area contributed by atoms with Crippen LogP contribution in [-0.4, -0.2) is 37.1 Å². The quantitative estimate of drug-likeness (QED) is 0.580. The van der Waals surface area contributed by atoms with Gasteiger partial charge in [0.15, 0.2) is 18.1 Å². The number of methoxy groups -OCH3 is 2. The first-order valence-corrected chi connectivity index (χ1v) is 7.92. The third-order valence-electron chi connectivity index (χ3n) is 4.08. The van der Waals surface area contributed by atoms with Gasteiger partial charge in [-0.25, -0.2) is 4.79 Å². The molecule has 0 radical (unpaired) electrons. The monoisotopic (exact) mass is 365 g/mol. The largest absolute Gasteiger partial charge is 0.493 e. The van der Waals surface area contributed by atoms with Crippen molar-refractivity contribution in [3.63, 3.8) is 0 Å². The summed E-state index contributed by atoms with van der Waals surface area (Å²) in [5, 5.41) is 0.217. The molecule has 2 rings (SSSR count). The number of aryl methyl sites for hydroxylation is 1. The van der Waals surface area contributed by atoms with Crippen molar-refractivity contribution in [1.29, 1.82) is 0 Å². The van der Waals surface area contributed by atoms with Gasteiger partial charge < -0.3 is 18.8 Å². The number of esters is 1. The fourth-order valence-corrected chi connectivity index (χ4v) is 2.75. The molecule has 6 nitrogen and oxygen atoms in total. The number of rotatable bonds is 6. The van der Waals surface area contributed by atoms with Crippen LogP contribution >= 0.6 is 11.6 Å². The fraction of sp³-hybridized carbons (Fsp3) is 0.333. The molecule has 0 spiro atoms. The predicted molar refractivity (Wildman–Crippen MR) is 94.1 cm³/mol. The maximum atomic E-state index is 12.3. The highest BCUT2D eigenvalue weighted by Crippen LogP contribution is 2.36. The van der Waals surface area contributed by atoms with Crippen molar-refractivity contribution in [2.45, 2.75) is 13.8 Å². The average Bonchev–Trinajstić information content (AvgIpc) is 2.85. The van der Waals surface area contributed by atoms with Crippen molar-refractivity contribution in [3.05, 3.63) is 45.7 Å². The van der Waals surface area contributed by atoms with Crippen molar-refractivity contribution in [2.24, 2.45) is 7.05 Å². The molecule has 0 aliphatic rings. The fourth-order valence-electron chi connectivity index (χ4n) is 2.47. The van der Waals surface area contributed by atoms with Crippen molar-refractivity contribution < 1.29 is 23.8 Å². The van der Waals surface area contributed by atoms with Crippen LogP contribution in [-0.2, 0) is 11.8 Å². The summed E-state index contributed by atoms with van der Waals surface area (Å²) < 4.78 is 17.3. The van der Waals surface area contributed by atoms with Gasteiger partial charge in [0.1, 0.15) is 0 Å². The van der Waals surface area contributed by atoms with Gasteiger partial charge in [-0.2, -0.15) is 0 Å². The molecule has 0 N–H and O–H groups in total. The molecule has 0 unspecified atom stereocenters. The van der Waals surface area contributed by atoms with Crippen molar-refractivity contribution in [2.75, 3.05) is 20.8 Å². The van der Waals surface area contributed by atoms with Crippen molar-refractivity contribution >= 4 is 23.4 Å². The molecule has 0 aliphatic carbocycles. The van der Waals surface area contributed by atoms with Crippen molar-refractivity contribution in [1.82, 2.24) is 4.57 Å². The zero-order valence-corrected chi connectivity index (χ0v) is 15.6. The first-order valence-electron chi connectivity index (χ1n) is 7.54. The van der Waals surface area contributed by atoms with Crippen LogP contribution in [0.3, 0.4) is 0 Å². The summed E-state index contributed by atoms with van der Waals surface area (Å²) in [5.41, 5.74) is 2.50. The van der Waals surface area contributed by atoms with Gasteiger partial charge in [0.2, 0.25) is 5.78 Å². The Kier molecular flexibility index (Phi) is 5.74. The topological polar surface area (TPSA) is 66.8 Å². The number of aromatic nitrogens is 1. The molecule has 0 aliphatic heterocycles. The van der Waals surface area contributed by atoms with Gasteiger partial charge in [0.25, 0.3) is 0 Å². The summed E-state index contributed by atoms with van der Waals surface area (Å²) in [5.74, 6) is -0.294. The SMILES string of the molecule is COc1cc(C(=O)OCC(=O)c2cc(C)n(C)c2C)cc(Cl)c1OC. The molecule has 0 saturated carbocycles. The molecular formula is C18H20ClNO5. The van der Waals surface area contributed by atoms with Gasteiger partial charge in [-0.3, -0.25) is 4.79 Å². The van der Waals surface area contributed by atoms with E-state index < -0.39 is 5.97 Å². The van der Waals surface area contributed by atoms with Gasteiger partial charge in [-0.15, -0.1) is 0 Å². The van der Waals surface area contributed by atoms with E-state index in [1.807, 2.05) is 25.5 Å². The molecule has 1 heterocycles. The van der Waals surface area contributed by atoms with E-state index in [0.717, 1.165) is 11.4 Å². The molecule has 0 saturated heterocycles. The number of carbonyl (C=O) groups excluding carboxylic acids is 2. The van der Waals surface area contributed by atoms with E-state index in [1.165, 1.54) is 26.4 Å². The van der Waals surface area contributed by atoms with Crippen LogP contribution in [0.2, 0.25) is 5.02 Å². The van der Waals surface area contributed by atoms with Crippen LogP contribution in [0, 0.1) is 13.8 Å². The smallest absolute Gasteiger partial charge is 0.338 e. The van der Waals surface area contributed by atoms with E-state index in [0.29, 0.717) is 17.1 Å². The summed E-state index contributed by atoms with van der Waals surface area (Å²) in [6, 6.07) is 4.64. The van der Waals surface area contributed by atoms with E-state index in [9.17, 15) is 9.59 Å². The zero-order valence-electron chi connectivity index (χ0n) is 14.8. The summed E-state index contributed by atoms with van der Waals surface area (Å²) in [7, 11) is 4.76.